The van der Waals surface area contributed by atoms with Crippen LogP contribution in [0.2, 0.25) is 0 Å². The molecule has 2 aromatic carbocycles. The molecule has 4 aliphatic rings. The largest absolute Gasteiger partial charge is 0.482 e. The van der Waals surface area contributed by atoms with Gasteiger partial charge < -0.3 is 28.5 Å². The molecule has 4 aromatic rings. The van der Waals surface area contributed by atoms with E-state index in [1.807, 2.05) is 32.0 Å². The number of carbonyl (C=O) groups is 1. The molecule has 2 saturated carbocycles. The summed E-state index contributed by atoms with van der Waals surface area (Å²) in [5.41, 5.74) is -0.253. The first-order chi connectivity index (χ1) is 23.9. The SMILES string of the molecule is Cc1cccc([C@@H]2OC[C@@]3(C)C4C[C@H](OC(=O)c5ccc(F)cc5)[C@@]5(C)Oc6cc(-c7cccnc7)oc(=O)c6[C@H](O)C5[C@@]4(C)CC[C@@H]3O2)c1. The number of aliphatic hydroxyl groups excluding tert-OH is 1. The molecule has 260 valence electrons. The molecule has 9 atom stereocenters. The summed E-state index contributed by atoms with van der Waals surface area (Å²) in [6, 6.07) is 18.4. The second kappa shape index (κ2) is 11.9. The first-order valence-corrected chi connectivity index (χ1v) is 17.2. The van der Waals surface area contributed by atoms with Gasteiger partial charge in [0.25, 0.3) is 0 Å². The van der Waals surface area contributed by atoms with E-state index in [1.54, 1.807) is 30.6 Å². The molecule has 3 fully saturated rings. The lowest BCUT2D eigenvalue weighted by molar-refractivity contribution is -0.330. The summed E-state index contributed by atoms with van der Waals surface area (Å²) in [5.74, 6) is -1.57. The van der Waals surface area contributed by atoms with E-state index in [0.29, 0.717) is 31.4 Å². The van der Waals surface area contributed by atoms with Crippen molar-refractivity contribution in [1.29, 1.82) is 0 Å². The van der Waals surface area contributed by atoms with Gasteiger partial charge in [-0.1, -0.05) is 43.7 Å². The average Bonchev–Trinajstić information content (AvgIpc) is 3.09. The summed E-state index contributed by atoms with van der Waals surface area (Å²) in [7, 11) is 0. The van der Waals surface area contributed by atoms with Crippen molar-refractivity contribution in [3.63, 3.8) is 0 Å². The van der Waals surface area contributed by atoms with Crippen LogP contribution in [-0.4, -0.2) is 40.5 Å². The minimum atomic E-state index is -1.30. The Morgan fingerprint density at radius 2 is 1.84 bits per heavy atom. The molecule has 4 heterocycles. The Balaban J connectivity index is 1.21. The van der Waals surface area contributed by atoms with Crippen LogP contribution in [0, 0.1) is 35.4 Å². The summed E-state index contributed by atoms with van der Waals surface area (Å²) in [4.78, 5) is 31.5. The predicted octanol–water partition coefficient (Wildman–Crippen LogP) is 7.12. The number of hydrogen-bond donors (Lipinski definition) is 1. The van der Waals surface area contributed by atoms with E-state index in [0.717, 1.165) is 11.1 Å². The van der Waals surface area contributed by atoms with Crippen molar-refractivity contribution in [2.75, 3.05) is 6.61 Å². The van der Waals surface area contributed by atoms with E-state index in [9.17, 15) is 19.1 Å². The molecule has 0 bridgehead atoms. The number of carbonyl (C=O) groups excluding carboxylic acids is 1. The van der Waals surface area contributed by atoms with Gasteiger partial charge in [0.2, 0.25) is 0 Å². The Morgan fingerprint density at radius 1 is 1.04 bits per heavy atom. The van der Waals surface area contributed by atoms with Gasteiger partial charge in [0.05, 0.1) is 24.4 Å². The van der Waals surface area contributed by atoms with Gasteiger partial charge in [-0.05, 0) is 80.8 Å². The van der Waals surface area contributed by atoms with Crippen molar-refractivity contribution in [1.82, 2.24) is 4.98 Å². The molecule has 2 aromatic heterocycles. The molecule has 1 N–H and O–H groups in total. The monoisotopic (exact) mass is 681 g/mol. The maximum absolute atomic E-state index is 13.8. The van der Waals surface area contributed by atoms with Crippen molar-refractivity contribution in [3.05, 3.63) is 118 Å². The Hall–Kier alpha value is -4.38. The standard InChI is InChI=1S/C40H40FNO8/c1-22-7-5-8-24(17-22)37-46-21-39(3)29-19-31(48-35(44)23-10-12-26(41)13-11-23)40(4)34(38(29,2)15-14-30(39)49-37)33(43)32-28(50-40)18-27(47-36(32)45)25-9-6-16-42-20-25/h5-13,16-18,20,29-31,33-34,37,43H,14-15,19,21H2,1-4H3/t29?,30-,31-,33-,34?,37+,38-,39-,40+/m0/s1. The van der Waals surface area contributed by atoms with Crippen LogP contribution < -0.4 is 10.4 Å². The highest BCUT2D eigenvalue weighted by Gasteiger charge is 2.71. The molecule has 2 aliphatic heterocycles. The van der Waals surface area contributed by atoms with Gasteiger partial charge in [-0.25, -0.2) is 14.0 Å². The van der Waals surface area contributed by atoms with Crippen LogP contribution >= 0.6 is 0 Å². The lowest BCUT2D eigenvalue weighted by Crippen LogP contribution is -2.71. The Morgan fingerprint density at radius 3 is 2.58 bits per heavy atom. The zero-order valence-electron chi connectivity index (χ0n) is 28.4. The minimum absolute atomic E-state index is 0.0357. The van der Waals surface area contributed by atoms with Crippen LogP contribution in [-0.2, 0) is 14.2 Å². The quantitative estimate of drug-likeness (QED) is 0.225. The molecule has 8 rings (SSSR count). The number of benzene rings is 2. The van der Waals surface area contributed by atoms with Crippen LogP contribution in [0.15, 0.2) is 88.3 Å². The topological polar surface area (TPSA) is 117 Å². The highest BCUT2D eigenvalue weighted by Crippen LogP contribution is 2.68. The van der Waals surface area contributed by atoms with Gasteiger partial charge in [-0.3, -0.25) is 4.98 Å². The number of halogens is 1. The van der Waals surface area contributed by atoms with Gasteiger partial charge in [0.15, 0.2) is 6.29 Å². The summed E-state index contributed by atoms with van der Waals surface area (Å²) in [6.45, 7) is 8.54. The van der Waals surface area contributed by atoms with E-state index in [2.05, 4.69) is 24.9 Å². The highest BCUT2D eigenvalue weighted by molar-refractivity contribution is 5.89. The van der Waals surface area contributed by atoms with Crippen molar-refractivity contribution in [2.45, 2.75) is 77.2 Å². The molecule has 1 saturated heterocycles. The Labute approximate surface area is 289 Å². The third-order valence-corrected chi connectivity index (χ3v) is 12.0. The number of ether oxygens (including phenoxy) is 4. The van der Waals surface area contributed by atoms with E-state index in [1.165, 1.54) is 24.3 Å². The highest BCUT2D eigenvalue weighted by atomic mass is 19.1. The molecule has 0 spiro atoms. The molecular formula is C40H40FNO8. The van der Waals surface area contributed by atoms with Crippen molar-refractivity contribution < 1.29 is 37.7 Å². The molecule has 0 amide bonds. The smallest absolute Gasteiger partial charge is 0.345 e. The lowest BCUT2D eigenvalue weighted by atomic mass is 9.42. The fourth-order valence-electron chi connectivity index (χ4n) is 9.63. The van der Waals surface area contributed by atoms with Gasteiger partial charge in [0.1, 0.15) is 34.6 Å². The molecular weight excluding hydrogens is 641 g/mol. The van der Waals surface area contributed by atoms with E-state index in [-0.39, 0.29) is 34.7 Å². The molecule has 0 radical (unpaired) electrons. The van der Waals surface area contributed by atoms with Crippen molar-refractivity contribution in [3.8, 4) is 17.1 Å². The number of aromatic nitrogens is 1. The third-order valence-electron chi connectivity index (χ3n) is 12.0. The molecule has 2 aliphatic carbocycles. The van der Waals surface area contributed by atoms with Crippen LogP contribution in [0.3, 0.4) is 0 Å². The summed E-state index contributed by atoms with van der Waals surface area (Å²) < 4.78 is 45.9. The van der Waals surface area contributed by atoms with Crippen molar-refractivity contribution >= 4 is 5.97 Å². The Bertz CT molecular complexity index is 2000. The van der Waals surface area contributed by atoms with Crippen molar-refractivity contribution in [2.24, 2.45) is 22.7 Å². The summed E-state index contributed by atoms with van der Waals surface area (Å²) >= 11 is 0. The fourth-order valence-corrected chi connectivity index (χ4v) is 9.63. The first-order valence-electron chi connectivity index (χ1n) is 17.2. The second-order valence-electron chi connectivity index (χ2n) is 15.0. The van der Waals surface area contributed by atoms with Crippen LogP contribution in [0.4, 0.5) is 4.39 Å². The molecule has 2 unspecified atom stereocenters. The minimum Gasteiger partial charge on any atom is -0.482 e. The lowest BCUT2D eigenvalue weighted by Gasteiger charge is -2.67. The molecule has 50 heavy (non-hydrogen) atoms. The van der Waals surface area contributed by atoms with Gasteiger partial charge in [-0.2, -0.15) is 0 Å². The van der Waals surface area contributed by atoms with E-state index < -0.39 is 58.3 Å². The number of aryl methyl sites for hydroxylation is 1. The average molecular weight is 682 g/mol. The molecule has 10 heteroatoms. The number of esters is 1. The fraction of sp³-hybridized carbons (Fsp3) is 0.425. The van der Waals surface area contributed by atoms with Crippen LogP contribution in [0.5, 0.6) is 5.75 Å². The van der Waals surface area contributed by atoms with Gasteiger partial charge >= 0.3 is 11.6 Å². The van der Waals surface area contributed by atoms with Gasteiger partial charge in [0, 0.05) is 40.9 Å². The van der Waals surface area contributed by atoms with E-state index in [4.69, 9.17) is 23.4 Å². The Kier molecular flexibility index (Phi) is 7.78. The maximum atomic E-state index is 13.8. The summed E-state index contributed by atoms with van der Waals surface area (Å²) in [6.07, 6.45) is 2.05. The van der Waals surface area contributed by atoms with E-state index >= 15 is 0 Å². The maximum Gasteiger partial charge on any atom is 0.345 e. The number of hydrogen-bond acceptors (Lipinski definition) is 9. The molecule has 9 nitrogen and oxygen atoms in total. The number of pyridine rings is 1. The number of aliphatic hydroxyl groups is 1. The number of rotatable bonds is 4. The predicted molar refractivity (Wildman–Crippen MR) is 180 cm³/mol. The zero-order chi connectivity index (χ0) is 35.0. The van der Waals surface area contributed by atoms with Crippen LogP contribution in [0.25, 0.3) is 11.3 Å². The summed E-state index contributed by atoms with van der Waals surface area (Å²) in [5, 5.41) is 12.4. The third kappa shape index (κ3) is 5.10. The number of fused-ring (bicyclic) bond motifs is 6. The van der Waals surface area contributed by atoms with Gasteiger partial charge in [-0.15, -0.1) is 0 Å². The second-order valence-corrected chi connectivity index (χ2v) is 15.0. The number of nitrogens with zero attached hydrogens (tertiary/aromatic N) is 1. The van der Waals surface area contributed by atoms with Crippen LogP contribution in [0.1, 0.15) is 79.5 Å². The zero-order valence-corrected chi connectivity index (χ0v) is 28.4. The first kappa shape index (κ1) is 32.8. The normalized spacial score (nSPS) is 34.3.